The lowest BCUT2D eigenvalue weighted by Gasteiger charge is -2.04. The van der Waals surface area contributed by atoms with E-state index in [4.69, 9.17) is 0 Å². The van der Waals surface area contributed by atoms with E-state index in [-0.39, 0.29) is 19.0 Å². The fourth-order valence-electron chi connectivity index (χ4n) is 1.12. The molecule has 0 fully saturated rings. The summed E-state index contributed by atoms with van der Waals surface area (Å²) in [6.07, 6.45) is 0. The van der Waals surface area contributed by atoms with Crippen molar-refractivity contribution in [2.75, 3.05) is 13.6 Å². The number of halogens is 2. The Labute approximate surface area is 86.5 Å². The zero-order chi connectivity index (χ0) is 11.3. The van der Waals surface area contributed by atoms with E-state index in [0.29, 0.717) is 5.56 Å². The first kappa shape index (κ1) is 11.6. The molecule has 0 aliphatic rings. The van der Waals surface area contributed by atoms with Gasteiger partial charge in [0.25, 0.3) is 0 Å². The Morgan fingerprint density at radius 1 is 1.27 bits per heavy atom. The molecule has 0 aliphatic heterocycles. The molecule has 15 heavy (non-hydrogen) atoms. The highest BCUT2D eigenvalue weighted by atomic mass is 19.1. The minimum absolute atomic E-state index is 0.120. The second kappa shape index (κ2) is 5.41. The minimum atomic E-state index is -0.619. The standard InChI is InChI=1S/C10H12F2N2O/c1-13-10(15)6-14-5-7-2-8(11)4-9(12)3-7/h2-4,14H,5-6H2,1H3,(H,13,15). The number of rotatable bonds is 4. The number of hydrogen-bond donors (Lipinski definition) is 2. The summed E-state index contributed by atoms with van der Waals surface area (Å²) in [5.41, 5.74) is 0.469. The van der Waals surface area contributed by atoms with Crippen LogP contribution in [0.4, 0.5) is 8.78 Å². The second-order valence-corrected chi connectivity index (χ2v) is 3.05. The number of benzene rings is 1. The fourth-order valence-corrected chi connectivity index (χ4v) is 1.12. The third-order valence-electron chi connectivity index (χ3n) is 1.82. The molecule has 0 spiro atoms. The zero-order valence-electron chi connectivity index (χ0n) is 8.31. The molecule has 0 saturated carbocycles. The minimum Gasteiger partial charge on any atom is -0.358 e. The Hall–Kier alpha value is -1.49. The Kier molecular flexibility index (Phi) is 4.17. The van der Waals surface area contributed by atoms with Gasteiger partial charge in [0.15, 0.2) is 0 Å². The van der Waals surface area contributed by atoms with Crippen molar-refractivity contribution in [3.05, 3.63) is 35.4 Å². The van der Waals surface area contributed by atoms with Gasteiger partial charge in [-0.05, 0) is 17.7 Å². The van der Waals surface area contributed by atoms with Crippen molar-refractivity contribution in [3.8, 4) is 0 Å². The molecular formula is C10H12F2N2O. The molecule has 0 heterocycles. The van der Waals surface area contributed by atoms with Gasteiger partial charge in [0.1, 0.15) is 11.6 Å². The highest BCUT2D eigenvalue weighted by Crippen LogP contribution is 2.07. The number of likely N-dealkylation sites (N-methyl/N-ethyl adjacent to an activating group) is 1. The number of carbonyl (C=O) groups excluding carboxylic acids is 1. The van der Waals surface area contributed by atoms with Crippen molar-refractivity contribution < 1.29 is 13.6 Å². The molecule has 0 radical (unpaired) electrons. The topological polar surface area (TPSA) is 41.1 Å². The van der Waals surface area contributed by atoms with Gasteiger partial charge >= 0.3 is 0 Å². The van der Waals surface area contributed by atoms with Gasteiger partial charge in [-0.15, -0.1) is 0 Å². The van der Waals surface area contributed by atoms with Crippen LogP contribution in [0.2, 0.25) is 0 Å². The summed E-state index contributed by atoms with van der Waals surface area (Å²) >= 11 is 0. The van der Waals surface area contributed by atoms with Gasteiger partial charge in [0.2, 0.25) is 5.91 Å². The van der Waals surface area contributed by atoms with Crippen LogP contribution in [0, 0.1) is 11.6 Å². The summed E-state index contributed by atoms with van der Waals surface area (Å²) in [7, 11) is 1.52. The number of hydrogen-bond acceptors (Lipinski definition) is 2. The van der Waals surface area contributed by atoms with E-state index < -0.39 is 11.6 Å². The van der Waals surface area contributed by atoms with E-state index in [0.717, 1.165) is 6.07 Å². The van der Waals surface area contributed by atoms with Crippen molar-refractivity contribution in [1.82, 2.24) is 10.6 Å². The summed E-state index contributed by atoms with van der Waals surface area (Å²) < 4.78 is 25.5. The molecule has 1 aromatic carbocycles. The first-order chi connectivity index (χ1) is 7.11. The highest BCUT2D eigenvalue weighted by molar-refractivity contribution is 5.77. The third-order valence-corrected chi connectivity index (χ3v) is 1.82. The van der Waals surface area contributed by atoms with Crippen LogP contribution in [0.25, 0.3) is 0 Å². The summed E-state index contributed by atoms with van der Waals surface area (Å²) in [6, 6.07) is 3.25. The van der Waals surface area contributed by atoms with Gasteiger partial charge in [-0.2, -0.15) is 0 Å². The maximum absolute atomic E-state index is 12.7. The molecule has 3 nitrogen and oxygen atoms in total. The molecule has 0 unspecified atom stereocenters. The smallest absolute Gasteiger partial charge is 0.233 e. The van der Waals surface area contributed by atoms with E-state index in [2.05, 4.69) is 10.6 Å². The Morgan fingerprint density at radius 3 is 2.40 bits per heavy atom. The van der Waals surface area contributed by atoms with Crippen molar-refractivity contribution in [2.45, 2.75) is 6.54 Å². The van der Waals surface area contributed by atoms with E-state index in [9.17, 15) is 13.6 Å². The fraction of sp³-hybridized carbons (Fsp3) is 0.300. The molecule has 0 saturated heterocycles. The van der Waals surface area contributed by atoms with Crippen LogP contribution in [0.3, 0.4) is 0 Å². The van der Waals surface area contributed by atoms with Crippen molar-refractivity contribution in [2.24, 2.45) is 0 Å². The molecule has 0 atom stereocenters. The molecule has 1 aromatic rings. The van der Waals surface area contributed by atoms with E-state index >= 15 is 0 Å². The molecule has 82 valence electrons. The van der Waals surface area contributed by atoms with Crippen LogP contribution in [-0.4, -0.2) is 19.5 Å². The van der Waals surface area contributed by atoms with Crippen molar-refractivity contribution in [1.29, 1.82) is 0 Å². The number of carbonyl (C=O) groups is 1. The van der Waals surface area contributed by atoms with Gasteiger partial charge in [-0.3, -0.25) is 4.79 Å². The van der Waals surface area contributed by atoms with Crippen LogP contribution in [-0.2, 0) is 11.3 Å². The van der Waals surface area contributed by atoms with Crippen molar-refractivity contribution >= 4 is 5.91 Å². The third kappa shape index (κ3) is 4.03. The first-order valence-electron chi connectivity index (χ1n) is 4.48. The largest absolute Gasteiger partial charge is 0.358 e. The average molecular weight is 214 g/mol. The summed E-state index contributed by atoms with van der Waals surface area (Å²) in [5, 5.41) is 5.19. The van der Waals surface area contributed by atoms with E-state index in [1.807, 2.05) is 0 Å². The Morgan fingerprint density at radius 2 is 1.87 bits per heavy atom. The lowest BCUT2D eigenvalue weighted by molar-refractivity contribution is -0.119. The maximum Gasteiger partial charge on any atom is 0.233 e. The predicted octanol–water partition coefficient (Wildman–Crippen LogP) is 0.800. The summed E-state index contributed by atoms with van der Waals surface area (Å²) in [5.74, 6) is -1.41. The van der Waals surface area contributed by atoms with Crippen LogP contribution >= 0.6 is 0 Å². The molecule has 0 aliphatic carbocycles. The maximum atomic E-state index is 12.7. The van der Waals surface area contributed by atoms with Gasteiger partial charge in [0, 0.05) is 19.7 Å². The monoisotopic (exact) mass is 214 g/mol. The summed E-state index contributed by atoms with van der Waals surface area (Å²) in [6.45, 7) is 0.372. The van der Waals surface area contributed by atoms with Gasteiger partial charge in [0.05, 0.1) is 6.54 Å². The number of nitrogens with one attached hydrogen (secondary N) is 2. The van der Waals surface area contributed by atoms with Crippen LogP contribution in [0.1, 0.15) is 5.56 Å². The molecular weight excluding hydrogens is 202 g/mol. The van der Waals surface area contributed by atoms with Gasteiger partial charge in [-0.25, -0.2) is 8.78 Å². The SMILES string of the molecule is CNC(=O)CNCc1cc(F)cc(F)c1. The second-order valence-electron chi connectivity index (χ2n) is 3.05. The molecule has 5 heteroatoms. The Balaban J connectivity index is 2.47. The van der Waals surface area contributed by atoms with Gasteiger partial charge in [-0.1, -0.05) is 0 Å². The van der Waals surface area contributed by atoms with Crippen LogP contribution in [0.5, 0.6) is 0 Å². The van der Waals surface area contributed by atoms with Crippen LogP contribution in [0.15, 0.2) is 18.2 Å². The number of amides is 1. The van der Waals surface area contributed by atoms with Gasteiger partial charge < -0.3 is 10.6 Å². The molecule has 1 amide bonds. The van der Waals surface area contributed by atoms with Crippen molar-refractivity contribution in [3.63, 3.8) is 0 Å². The first-order valence-corrected chi connectivity index (χ1v) is 4.48. The van der Waals surface area contributed by atoms with E-state index in [1.165, 1.54) is 19.2 Å². The van der Waals surface area contributed by atoms with E-state index in [1.54, 1.807) is 0 Å². The average Bonchev–Trinajstić information content (AvgIpc) is 2.16. The predicted molar refractivity (Wildman–Crippen MR) is 52.1 cm³/mol. The molecule has 0 bridgehead atoms. The Bertz CT molecular complexity index is 335. The lowest BCUT2D eigenvalue weighted by Crippen LogP contribution is -2.31. The zero-order valence-corrected chi connectivity index (χ0v) is 8.31. The normalized spacial score (nSPS) is 10.1. The van der Waals surface area contributed by atoms with Crippen LogP contribution < -0.4 is 10.6 Å². The lowest BCUT2D eigenvalue weighted by atomic mass is 10.2. The molecule has 2 N–H and O–H groups in total. The quantitative estimate of drug-likeness (QED) is 0.778. The molecule has 1 rings (SSSR count). The molecule has 0 aromatic heterocycles. The summed E-state index contributed by atoms with van der Waals surface area (Å²) in [4.78, 5) is 10.8. The highest BCUT2D eigenvalue weighted by Gasteiger charge is 2.01.